The second-order valence-electron chi connectivity index (χ2n) is 9.45. The molecule has 4 rings (SSSR count). The Bertz CT molecular complexity index is 735. The number of rotatable bonds is 3. The molecule has 0 aromatic heterocycles. The van der Waals surface area contributed by atoms with Gasteiger partial charge in [-0.25, -0.2) is 4.39 Å². The van der Waals surface area contributed by atoms with Crippen LogP contribution in [0.25, 0.3) is 0 Å². The molecule has 3 nitrogen and oxygen atoms in total. The summed E-state index contributed by atoms with van der Waals surface area (Å²) in [4.78, 5) is 13.0. The van der Waals surface area contributed by atoms with Crippen LogP contribution in [-0.2, 0) is 9.53 Å². The maximum Gasteiger partial charge on any atom is 0.223 e. The van der Waals surface area contributed by atoms with E-state index >= 15 is 0 Å². The van der Waals surface area contributed by atoms with Crippen LogP contribution in [0.3, 0.4) is 0 Å². The van der Waals surface area contributed by atoms with E-state index in [2.05, 4.69) is 19.2 Å². The van der Waals surface area contributed by atoms with Crippen molar-refractivity contribution < 1.29 is 13.9 Å². The molecule has 1 aromatic rings. The molecule has 0 unspecified atom stereocenters. The molecule has 0 radical (unpaired) electrons. The van der Waals surface area contributed by atoms with Gasteiger partial charge in [0.15, 0.2) is 0 Å². The van der Waals surface area contributed by atoms with Gasteiger partial charge < -0.3 is 10.1 Å². The lowest BCUT2D eigenvalue weighted by Gasteiger charge is -2.52. The van der Waals surface area contributed by atoms with Gasteiger partial charge in [0.1, 0.15) is 5.82 Å². The maximum absolute atomic E-state index is 14.1. The second-order valence-corrected chi connectivity index (χ2v) is 9.86. The molecule has 1 N–H and O–H groups in total. The molecule has 1 heterocycles. The Morgan fingerprint density at radius 1 is 1.25 bits per heavy atom. The molecule has 5 heteroatoms. The van der Waals surface area contributed by atoms with Crippen LogP contribution < -0.4 is 5.32 Å². The Morgan fingerprint density at radius 3 is 2.71 bits per heavy atom. The van der Waals surface area contributed by atoms with E-state index in [4.69, 9.17) is 16.3 Å². The average molecular weight is 408 g/mol. The number of ether oxygens (including phenoxy) is 1. The number of nitrogens with one attached hydrogen (secondary N) is 1. The van der Waals surface area contributed by atoms with E-state index in [1.54, 1.807) is 6.07 Å². The van der Waals surface area contributed by atoms with Crippen molar-refractivity contribution in [1.82, 2.24) is 5.32 Å². The molecule has 0 spiro atoms. The van der Waals surface area contributed by atoms with Gasteiger partial charge in [-0.1, -0.05) is 43.9 Å². The van der Waals surface area contributed by atoms with Crippen molar-refractivity contribution in [2.45, 2.75) is 83.0 Å². The van der Waals surface area contributed by atoms with Gasteiger partial charge in [-0.2, -0.15) is 0 Å². The smallest absolute Gasteiger partial charge is 0.223 e. The molecule has 0 bridgehead atoms. The molecule has 2 aliphatic carbocycles. The van der Waals surface area contributed by atoms with Crippen molar-refractivity contribution in [3.8, 4) is 0 Å². The van der Waals surface area contributed by atoms with Crippen molar-refractivity contribution in [2.24, 2.45) is 17.8 Å². The number of fused-ring (bicyclic) bond motifs is 1. The van der Waals surface area contributed by atoms with Crippen LogP contribution in [0, 0.1) is 23.6 Å². The SMILES string of the molecule is C[C@H]1CC[C@H]2[C@H](C1)O[C@H](c1ccc(Cl)c(F)c1)C[C@]2(C)NC(=O)C1CCCC1. The molecule has 1 amide bonds. The zero-order chi connectivity index (χ0) is 19.9. The molecule has 1 saturated heterocycles. The summed E-state index contributed by atoms with van der Waals surface area (Å²) in [5, 5.41) is 3.56. The number of carbonyl (C=O) groups excluding carboxylic acids is 1. The fourth-order valence-electron chi connectivity index (χ4n) is 5.63. The van der Waals surface area contributed by atoms with E-state index in [9.17, 15) is 9.18 Å². The lowest BCUT2D eigenvalue weighted by atomic mass is 9.66. The van der Waals surface area contributed by atoms with E-state index in [1.165, 1.54) is 12.5 Å². The predicted molar refractivity (Wildman–Crippen MR) is 109 cm³/mol. The molecule has 2 saturated carbocycles. The normalized spacial score (nSPS) is 36.1. The highest BCUT2D eigenvalue weighted by Crippen LogP contribution is 2.48. The van der Waals surface area contributed by atoms with E-state index < -0.39 is 5.82 Å². The standard InChI is InChI=1S/C23H31ClFNO2/c1-14-7-9-17-20(11-14)28-21(16-8-10-18(24)19(25)12-16)13-23(17,2)26-22(27)15-5-3-4-6-15/h8,10,12,14-15,17,20-21H,3-7,9,11,13H2,1-2H3,(H,26,27)/t14-,17-,20-,21-,23-/m0/s1. The first kappa shape index (κ1) is 20.2. The third-order valence-corrected chi connectivity index (χ3v) is 7.58. The number of halogens is 2. The van der Waals surface area contributed by atoms with Crippen molar-refractivity contribution in [3.63, 3.8) is 0 Å². The molecule has 5 atom stereocenters. The third kappa shape index (κ3) is 3.95. The quantitative estimate of drug-likeness (QED) is 0.686. The van der Waals surface area contributed by atoms with E-state index in [0.717, 1.165) is 44.1 Å². The minimum atomic E-state index is -0.418. The molecular formula is C23H31ClFNO2. The topological polar surface area (TPSA) is 38.3 Å². The number of benzene rings is 1. The Labute approximate surface area is 172 Å². The van der Waals surface area contributed by atoms with Crippen LogP contribution in [0.5, 0.6) is 0 Å². The van der Waals surface area contributed by atoms with Crippen LogP contribution >= 0.6 is 11.6 Å². The van der Waals surface area contributed by atoms with Gasteiger partial charge in [-0.05, 0) is 56.2 Å². The summed E-state index contributed by atoms with van der Waals surface area (Å²) in [5.74, 6) is 0.838. The minimum Gasteiger partial charge on any atom is -0.370 e. The molecule has 3 aliphatic rings. The van der Waals surface area contributed by atoms with Crippen LogP contribution in [0.2, 0.25) is 5.02 Å². The highest BCUT2D eigenvalue weighted by molar-refractivity contribution is 6.30. The molecule has 154 valence electrons. The highest BCUT2D eigenvalue weighted by atomic mass is 35.5. The summed E-state index contributed by atoms with van der Waals surface area (Å²) >= 11 is 5.87. The van der Waals surface area contributed by atoms with Gasteiger partial charge in [0.05, 0.1) is 17.2 Å². The van der Waals surface area contributed by atoms with E-state index in [-0.39, 0.29) is 34.6 Å². The first-order valence-electron chi connectivity index (χ1n) is 10.8. The van der Waals surface area contributed by atoms with Gasteiger partial charge in [0.25, 0.3) is 0 Å². The monoisotopic (exact) mass is 407 g/mol. The zero-order valence-corrected chi connectivity index (χ0v) is 17.6. The van der Waals surface area contributed by atoms with Gasteiger partial charge >= 0.3 is 0 Å². The van der Waals surface area contributed by atoms with Crippen molar-refractivity contribution >= 4 is 17.5 Å². The molecule has 28 heavy (non-hydrogen) atoms. The third-order valence-electron chi connectivity index (χ3n) is 7.27. The van der Waals surface area contributed by atoms with Crippen molar-refractivity contribution in [1.29, 1.82) is 0 Å². The summed E-state index contributed by atoms with van der Waals surface area (Å²) in [5.41, 5.74) is 0.476. The molecular weight excluding hydrogens is 377 g/mol. The Balaban J connectivity index is 1.60. The predicted octanol–water partition coefficient (Wildman–Crippen LogP) is 5.81. The van der Waals surface area contributed by atoms with E-state index in [0.29, 0.717) is 18.3 Å². The van der Waals surface area contributed by atoms with Crippen molar-refractivity contribution in [3.05, 3.63) is 34.6 Å². The van der Waals surface area contributed by atoms with Gasteiger partial charge in [0, 0.05) is 23.8 Å². The number of carbonyl (C=O) groups is 1. The highest BCUT2D eigenvalue weighted by Gasteiger charge is 2.50. The van der Waals surface area contributed by atoms with Gasteiger partial charge in [-0.15, -0.1) is 0 Å². The molecule has 1 aromatic carbocycles. The Morgan fingerprint density at radius 2 is 2.00 bits per heavy atom. The summed E-state index contributed by atoms with van der Waals surface area (Å²) in [7, 11) is 0. The molecule has 3 fully saturated rings. The first-order chi connectivity index (χ1) is 13.4. The fourth-order valence-corrected chi connectivity index (χ4v) is 5.75. The average Bonchev–Trinajstić information content (AvgIpc) is 3.18. The Hall–Kier alpha value is -1.13. The number of amides is 1. The van der Waals surface area contributed by atoms with Crippen LogP contribution in [0.1, 0.15) is 76.9 Å². The summed E-state index contributed by atoms with van der Waals surface area (Å²) in [6.07, 6.45) is 8.04. The summed E-state index contributed by atoms with van der Waals surface area (Å²) < 4.78 is 20.6. The Kier molecular flexibility index (Phi) is 5.72. The lowest BCUT2D eigenvalue weighted by molar-refractivity contribution is -0.155. The number of hydrogen-bond donors (Lipinski definition) is 1. The zero-order valence-electron chi connectivity index (χ0n) is 16.8. The number of hydrogen-bond acceptors (Lipinski definition) is 2. The largest absolute Gasteiger partial charge is 0.370 e. The van der Waals surface area contributed by atoms with Crippen LogP contribution in [-0.4, -0.2) is 17.6 Å². The summed E-state index contributed by atoms with van der Waals surface area (Å²) in [6, 6.07) is 4.93. The van der Waals surface area contributed by atoms with Gasteiger partial charge in [-0.3, -0.25) is 4.79 Å². The molecule has 1 aliphatic heterocycles. The fraction of sp³-hybridized carbons (Fsp3) is 0.696. The van der Waals surface area contributed by atoms with Gasteiger partial charge in [0.2, 0.25) is 5.91 Å². The first-order valence-corrected chi connectivity index (χ1v) is 11.2. The van der Waals surface area contributed by atoms with E-state index in [1.807, 2.05) is 6.07 Å². The second kappa shape index (κ2) is 7.95. The minimum absolute atomic E-state index is 0.0927. The van der Waals surface area contributed by atoms with Crippen molar-refractivity contribution in [2.75, 3.05) is 0 Å². The van der Waals surface area contributed by atoms with Crippen LogP contribution in [0.15, 0.2) is 18.2 Å². The summed E-state index contributed by atoms with van der Waals surface area (Å²) in [6.45, 7) is 4.44. The van der Waals surface area contributed by atoms with Crippen LogP contribution in [0.4, 0.5) is 4.39 Å². The maximum atomic E-state index is 14.1. The lowest BCUT2D eigenvalue weighted by Crippen LogP contribution is -2.61.